The van der Waals surface area contributed by atoms with Crippen LogP contribution in [0.3, 0.4) is 0 Å². The number of para-hydroxylation sites is 1. The largest absolute Gasteiger partial charge is 0.325 e. The van der Waals surface area contributed by atoms with Crippen LogP contribution in [0.1, 0.15) is 11.3 Å². The summed E-state index contributed by atoms with van der Waals surface area (Å²) >= 11 is 0. The van der Waals surface area contributed by atoms with E-state index in [9.17, 15) is 4.79 Å². The van der Waals surface area contributed by atoms with Crippen LogP contribution < -0.4 is 11.3 Å². The zero-order valence-electron chi connectivity index (χ0n) is 11.3. The number of rotatable bonds is 2. The van der Waals surface area contributed by atoms with Crippen molar-refractivity contribution >= 4 is 10.8 Å². The van der Waals surface area contributed by atoms with Gasteiger partial charge >= 0.3 is 0 Å². The van der Waals surface area contributed by atoms with Crippen LogP contribution in [-0.2, 0) is 6.54 Å². The number of benzene rings is 2. The summed E-state index contributed by atoms with van der Waals surface area (Å²) in [4.78, 5) is 12.8. The normalized spacial score (nSPS) is 10.9. The Morgan fingerprint density at radius 1 is 1.05 bits per heavy atom. The highest BCUT2D eigenvalue weighted by Crippen LogP contribution is 2.18. The number of fused-ring (bicyclic) bond motifs is 1. The second kappa shape index (κ2) is 4.94. The summed E-state index contributed by atoms with van der Waals surface area (Å²) in [6.45, 7) is 2.29. The standard InChI is InChI=1S/C17H16N2O/c1-12-6-5-7-13-10-15(11-18)19(17(20)16(12)13)14-8-3-2-4-9-14/h2-10H,11,18H2,1H3. The highest BCUT2D eigenvalue weighted by molar-refractivity contribution is 5.85. The minimum absolute atomic E-state index is 0.00718. The predicted octanol–water partition coefficient (Wildman–Crippen LogP) is 2.76. The van der Waals surface area contributed by atoms with Crippen molar-refractivity contribution in [1.82, 2.24) is 4.57 Å². The Labute approximate surface area is 117 Å². The lowest BCUT2D eigenvalue weighted by Crippen LogP contribution is -2.24. The Morgan fingerprint density at radius 3 is 2.50 bits per heavy atom. The first-order chi connectivity index (χ1) is 9.72. The summed E-state index contributed by atoms with van der Waals surface area (Å²) < 4.78 is 1.70. The van der Waals surface area contributed by atoms with Gasteiger partial charge < -0.3 is 5.73 Å². The van der Waals surface area contributed by atoms with Gasteiger partial charge in [-0.2, -0.15) is 0 Å². The molecule has 3 rings (SSSR count). The molecule has 0 saturated heterocycles. The summed E-state index contributed by atoms with van der Waals surface area (Å²) in [5.41, 5.74) is 8.47. The van der Waals surface area contributed by atoms with Gasteiger partial charge in [0.2, 0.25) is 0 Å². The zero-order valence-corrected chi connectivity index (χ0v) is 11.3. The van der Waals surface area contributed by atoms with E-state index < -0.39 is 0 Å². The highest BCUT2D eigenvalue weighted by atomic mass is 16.1. The Morgan fingerprint density at radius 2 is 1.80 bits per heavy atom. The van der Waals surface area contributed by atoms with Gasteiger partial charge in [0.25, 0.3) is 5.56 Å². The van der Waals surface area contributed by atoms with Crippen molar-refractivity contribution in [2.75, 3.05) is 0 Å². The molecule has 0 atom stereocenters. The fourth-order valence-electron chi connectivity index (χ4n) is 2.60. The molecule has 1 aromatic heterocycles. The molecule has 1 heterocycles. The Hall–Kier alpha value is -2.39. The molecule has 0 radical (unpaired) electrons. The van der Waals surface area contributed by atoms with E-state index in [1.165, 1.54) is 0 Å². The van der Waals surface area contributed by atoms with Crippen LogP contribution in [0.25, 0.3) is 16.5 Å². The molecule has 0 spiro atoms. The Kier molecular flexibility index (Phi) is 3.12. The van der Waals surface area contributed by atoms with E-state index in [1.807, 2.05) is 61.5 Å². The first-order valence-electron chi connectivity index (χ1n) is 6.62. The third-order valence-electron chi connectivity index (χ3n) is 3.55. The minimum atomic E-state index is -0.00718. The van der Waals surface area contributed by atoms with Gasteiger partial charge in [0, 0.05) is 17.9 Å². The summed E-state index contributed by atoms with van der Waals surface area (Å²) in [5.74, 6) is 0. The average molecular weight is 264 g/mol. The molecule has 0 unspecified atom stereocenters. The first-order valence-corrected chi connectivity index (χ1v) is 6.62. The molecule has 0 aliphatic carbocycles. The molecular weight excluding hydrogens is 248 g/mol. The van der Waals surface area contributed by atoms with Crippen LogP contribution in [0, 0.1) is 6.92 Å². The molecule has 2 N–H and O–H groups in total. The van der Waals surface area contributed by atoms with Crippen molar-refractivity contribution in [2.45, 2.75) is 13.5 Å². The van der Waals surface area contributed by atoms with Crippen LogP contribution in [0.2, 0.25) is 0 Å². The van der Waals surface area contributed by atoms with Gasteiger partial charge in [0.1, 0.15) is 0 Å². The molecule has 0 saturated carbocycles. The van der Waals surface area contributed by atoms with Crippen LogP contribution in [0.5, 0.6) is 0 Å². The maximum absolute atomic E-state index is 12.8. The van der Waals surface area contributed by atoms with Gasteiger partial charge in [0.15, 0.2) is 0 Å². The fraction of sp³-hybridized carbons (Fsp3) is 0.118. The van der Waals surface area contributed by atoms with E-state index in [4.69, 9.17) is 5.73 Å². The lowest BCUT2D eigenvalue weighted by molar-refractivity contribution is 0.869. The number of hydrogen-bond donors (Lipinski definition) is 1. The van der Waals surface area contributed by atoms with Crippen molar-refractivity contribution in [3.05, 3.63) is 76.2 Å². The number of nitrogens with two attached hydrogens (primary N) is 1. The van der Waals surface area contributed by atoms with Gasteiger partial charge in [-0.25, -0.2) is 0 Å². The molecular formula is C17H16N2O. The van der Waals surface area contributed by atoms with Gasteiger partial charge in [0.05, 0.1) is 5.39 Å². The van der Waals surface area contributed by atoms with E-state index in [1.54, 1.807) is 4.57 Å². The lowest BCUT2D eigenvalue weighted by atomic mass is 10.1. The molecule has 0 fully saturated rings. The van der Waals surface area contributed by atoms with E-state index in [0.29, 0.717) is 6.54 Å². The molecule has 0 aliphatic rings. The second-order valence-corrected chi connectivity index (χ2v) is 4.86. The Bertz CT molecular complexity index is 820. The van der Waals surface area contributed by atoms with Gasteiger partial charge in [-0.05, 0) is 36.1 Å². The first kappa shape index (κ1) is 12.6. The third kappa shape index (κ3) is 1.92. The minimum Gasteiger partial charge on any atom is -0.325 e. The second-order valence-electron chi connectivity index (χ2n) is 4.86. The van der Waals surface area contributed by atoms with E-state index in [2.05, 4.69) is 0 Å². The quantitative estimate of drug-likeness (QED) is 0.773. The summed E-state index contributed by atoms with van der Waals surface area (Å²) in [6, 6.07) is 17.5. The molecule has 3 aromatic rings. The molecule has 20 heavy (non-hydrogen) atoms. The van der Waals surface area contributed by atoms with Crippen molar-refractivity contribution in [2.24, 2.45) is 5.73 Å². The maximum Gasteiger partial charge on any atom is 0.263 e. The Balaban J connectivity index is 2.45. The summed E-state index contributed by atoms with van der Waals surface area (Å²) in [6.07, 6.45) is 0. The number of pyridine rings is 1. The van der Waals surface area contributed by atoms with E-state index in [0.717, 1.165) is 27.7 Å². The topological polar surface area (TPSA) is 48.0 Å². The summed E-state index contributed by atoms with van der Waals surface area (Å²) in [5, 5.41) is 1.70. The molecule has 0 aliphatic heterocycles. The molecule has 0 bridgehead atoms. The highest BCUT2D eigenvalue weighted by Gasteiger charge is 2.11. The van der Waals surface area contributed by atoms with Crippen molar-refractivity contribution in [1.29, 1.82) is 0 Å². The number of hydrogen-bond acceptors (Lipinski definition) is 2. The van der Waals surface area contributed by atoms with Crippen LogP contribution >= 0.6 is 0 Å². The smallest absolute Gasteiger partial charge is 0.263 e. The van der Waals surface area contributed by atoms with Crippen molar-refractivity contribution in [3.63, 3.8) is 0 Å². The van der Waals surface area contributed by atoms with Crippen molar-refractivity contribution < 1.29 is 0 Å². The molecule has 3 nitrogen and oxygen atoms in total. The predicted molar refractivity (Wildman–Crippen MR) is 82.2 cm³/mol. The van der Waals surface area contributed by atoms with Crippen LogP contribution in [0.15, 0.2) is 59.4 Å². The molecule has 2 aromatic carbocycles. The number of nitrogens with zero attached hydrogens (tertiary/aromatic N) is 1. The summed E-state index contributed by atoms with van der Waals surface area (Å²) in [7, 11) is 0. The van der Waals surface area contributed by atoms with Gasteiger partial charge in [-0.3, -0.25) is 9.36 Å². The lowest BCUT2D eigenvalue weighted by Gasteiger charge is -2.14. The van der Waals surface area contributed by atoms with E-state index in [-0.39, 0.29) is 5.56 Å². The molecule has 3 heteroatoms. The molecule has 100 valence electrons. The zero-order chi connectivity index (χ0) is 14.1. The number of aryl methyl sites for hydroxylation is 1. The van der Waals surface area contributed by atoms with Crippen LogP contribution in [-0.4, -0.2) is 4.57 Å². The average Bonchev–Trinajstić information content (AvgIpc) is 2.47. The third-order valence-corrected chi connectivity index (χ3v) is 3.55. The number of aromatic nitrogens is 1. The maximum atomic E-state index is 12.8. The van der Waals surface area contributed by atoms with Crippen molar-refractivity contribution in [3.8, 4) is 5.69 Å². The van der Waals surface area contributed by atoms with E-state index >= 15 is 0 Å². The SMILES string of the molecule is Cc1cccc2cc(CN)n(-c3ccccc3)c(=O)c12. The monoisotopic (exact) mass is 264 g/mol. The molecule has 0 amide bonds. The van der Waals surface area contributed by atoms with Gasteiger partial charge in [-0.15, -0.1) is 0 Å². The van der Waals surface area contributed by atoms with Crippen LogP contribution in [0.4, 0.5) is 0 Å². The van der Waals surface area contributed by atoms with Gasteiger partial charge in [-0.1, -0.05) is 36.4 Å². The fourth-order valence-corrected chi connectivity index (χ4v) is 2.60.